The van der Waals surface area contributed by atoms with E-state index in [9.17, 15) is 5.11 Å². The van der Waals surface area contributed by atoms with Crippen LogP contribution in [0.25, 0.3) is 0 Å². The molecule has 2 N–H and O–H groups in total. The minimum absolute atomic E-state index is 0.211. The van der Waals surface area contributed by atoms with E-state index in [1.165, 1.54) is 0 Å². The molecule has 0 aromatic heterocycles. The molecule has 1 rings (SSSR count). The van der Waals surface area contributed by atoms with Crippen LogP contribution in [-0.2, 0) is 4.74 Å². The molecule has 0 aromatic carbocycles. The fourth-order valence-corrected chi connectivity index (χ4v) is 2.04. The van der Waals surface area contributed by atoms with Gasteiger partial charge in [0.15, 0.2) is 0 Å². The second kappa shape index (κ2) is 5.28. The molecule has 90 valence electrons. The van der Waals surface area contributed by atoms with Crippen molar-refractivity contribution in [1.82, 2.24) is 5.32 Å². The molecular weight excluding hydrogens is 190 g/mol. The van der Waals surface area contributed by atoms with Gasteiger partial charge in [0.1, 0.15) is 0 Å². The Labute approximate surface area is 93.2 Å². The molecule has 0 saturated carbocycles. The van der Waals surface area contributed by atoms with Gasteiger partial charge in [-0.3, -0.25) is 0 Å². The Morgan fingerprint density at radius 1 is 1.27 bits per heavy atom. The maximum atomic E-state index is 9.64. The maximum Gasteiger partial charge on any atom is 0.0688 e. The zero-order valence-corrected chi connectivity index (χ0v) is 10.4. The largest absolute Gasteiger partial charge is 0.392 e. The number of nitrogens with one attached hydrogen (secondary N) is 1. The van der Waals surface area contributed by atoms with Crippen molar-refractivity contribution in [3.8, 4) is 0 Å². The summed E-state index contributed by atoms with van der Waals surface area (Å²) in [7, 11) is 0. The molecule has 0 bridgehead atoms. The van der Waals surface area contributed by atoms with Crippen molar-refractivity contribution < 1.29 is 9.84 Å². The highest BCUT2D eigenvalue weighted by molar-refractivity contribution is 4.88. The fraction of sp³-hybridized carbons (Fsp3) is 1.00. The summed E-state index contributed by atoms with van der Waals surface area (Å²) in [6, 6.07) is 0.443. The van der Waals surface area contributed by atoms with Crippen LogP contribution in [0.1, 0.15) is 40.5 Å². The Hall–Kier alpha value is -0.120. The molecule has 1 saturated heterocycles. The molecule has 0 radical (unpaired) electrons. The summed E-state index contributed by atoms with van der Waals surface area (Å²) in [5.74, 6) is 0.678. The lowest BCUT2D eigenvalue weighted by molar-refractivity contribution is 0.0385. The van der Waals surface area contributed by atoms with E-state index in [4.69, 9.17) is 4.74 Å². The van der Waals surface area contributed by atoms with E-state index in [1.807, 2.05) is 20.8 Å². The lowest BCUT2D eigenvalue weighted by Crippen LogP contribution is -2.54. The number of rotatable bonds is 4. The second-order valence-electron chi connectivity index (χ2n) is 5.28. The summed E-state index contributed by atoms with van der Waals surface area (Å²) < 4.78 is 5.35. The quantitative estimate of drug-likeness (QED) is 0.747. The van der Waals surface area contributed by atoms with E-state index < -0.39 is 0 Å². The highest BCUT2D eigenvalue weighted by Gasteiger charge is 2.29. The molecule has 15 heavy (non-hydrogen) atoms. The molecule has 2 atom stereocenters. The van der Waals surface area contributed by atoms with Crippen LogP contribution in [0.15, 0.2) is 0 Å². The highest BCUT2D eigenvalue weighted by atomic mass is 16.5. The smallest absolute Gasteiger partial charge is 0.0688 e. The number of hydrogen-bond acceptors (Lipinski definition) is 3. The van der Waals surface area contributed by atoms with Gasteiger partial charge in [-0.15, -0.1) is 0 Å². The van der Waals surface area contributed by atoms with E-state index in [1.54, 1.807) is 0 Å². The number of ether oxygens (including phenoxy) is 1. The van der Waals surface area contributed by atoms with Crippen LogP contribution >= 0.6 is 0 Å². The summed E-state index contributed by atoms with van der Waals surface area (Å²) in [4.78, 5) is 0. The van der Waals surface area contributed by atoms with Crippen LogP contribution in [0.2, 0.25) is 0 Å². The summed E-state index contributed by atoms with van der Waals surface area (Å²) in [5.41, 5.74) is -0.211. The Morgan fingerprint density at radius 2 is 1.80 bits per heavy atom. The average Bonchev–Trinajstić information content (AvgIpc) is 2.18. The third kappa shape index (κ3) is 3.74. The first-order valence-electron chi connectivity index (χ1n) is 5.97. The molecule has 1 heterocycles. The summed E-state index contributed by atoms with van der Waals surface area (Å²) in [5, 5.41) is 13.2. The molecular formula is C12H25NO2. The van der Waals surface area contributed by atoms with Crippen LogP contribution in [0.4, 0.5) is 0 Å². The van der Waals surface area contributed by atoms with Gasteiger partial charge in [-0.1, -0.05) is 0 Å². The highest BCUT2D eigenvalue weighted by Crippen LogP contribution is 2.21. The zero-order valence-electron chi connectivity index (χ0n) is 10.4. The van der Waals surface area contributed by atoms with Gasteiger partial charge in [-0.2, -0.15) is 0 Å². The van der Waals surface area contributed by atoms with E-state index >= 15 is 0 Å². The second-order valence-corrected chi connectivity index (χ2v) is 5.28. The molecule has 0 spiro atoms. The molecule has 2 unspecified atom stereocenters. The molecule has 3 nitrogen and oxygen atoms in total. The van der Waals surface area contributed by atoms with Crippen molar-refractivity contribution in [3.63, 3.8) is 0 Å². The maximum absolute atomic E-state index is 9.64. The van der Waals surface area contributed by atoms with Crippen molar-refractivity contribution in [2.24, 2.45) is 5.92 Å². The van der Waals surface area contributed by atoms with Crippen molar-refractivity contribution in [2.75, 3.05) is 13.2 Å². The molecule has 1 fully saturated rings. The average molecular weight is 215 g/mol. The van der Waals surface area contributed by atoms with Gasteiger partial charge in [0.25, 0.3) is 0 Å². The van der Waals surface area contributed by atoms with Crippen LogP contribution in [-0.4, -0.2) is 36.0 Å². The van der Waals surface area contributed by atoms with Gasteiger partial charge in [0.05, 0.1) is 6.10 Å². The van der Waals surface area contributed by atoms with Crippen molar-refractivity contribution in [2.45, 2.75) is 58.2 Å². The minimum Gasteiger partial charge on any atom is -0.392 e. The fourth-order valence-electron chi connectivity index (χ4n) is 2.04. The van der Waals surface area contributed by atoms with E-state index in [0.717, 1.165) is 26.1 Å². The van der Waals surface area contributed by atoms with E-state index in [0.29, 0.717) is 12.0 Å². The van der Waals surface area contributed by atoms with Gasteiger partial charge < -0.3 is 15.2 Å². The first-order valence-corrected chi connectivity index (χ1v) is 5.97. The SMILES string of the molecule is CC(NC(C)(C)C(C)O)C1CCOCC1. The van der Waals surface area contributed by atoms with Crippen LogP contribution in [0, 0.1) is 5.92 Å². The first kappa shape index (κ1) is 12.9. The van der Waals surface area contributed by atoms with Crippen LogP contribution < -0.4 is 5.32 Å². The molecule has 0 aromatic rings. The molecule has 0 aliphatic carbocycles. The Bertz CT molecular complexity index is 186. The zero-order chi connectivity index (χ0) is 11.5. The van der Waals surface area contributed by atoms with Crippen molar-refractivity contribution >= 4 is 0 Å². The third-order valence-electron chi connectivity index (χ3n) is 3.62. The van der Waals surface area contributed by atoms with Gasteiger partial charge in [-0.25, -0.2) is 0 Å². The summed E-state index contributed by atoms with van der Waals surface area (Å²) in [6.45, 7) is 9.91. The van der Waals surface area contributed by atoms with Gasteiger partial charge in [-0.05, 0) is 46.5 Å². The summed E-state index contributed by atoms with van der Waals surface area (Å²) in [6.07, 6.45) is 1.92. The monoisotopic (exact) mass is 215 g/mol. The Morgan fingerprint density at radius 3 is 2.27 bits per heavy atom. The standard InChI is InChI=1S/C12H25NO2/c1-9(11-5-7-15-8-6-11)13-12(3,4)10(2)14/h9-11,13-14H,5-8H2,1-4H3. The molecule has 1 aliphatic heterocycles. The topological polar surface area (TPSA) is 41.5 Å². The predicted octanol–water partition coefficient (Wildman–Crippen LogP) is 1.55. The number of aliphatic hydroxyl groups is 1. The van der Waals surface area contributed by atoms with Gasteiger partial charge in [0.2, 0.25) is 0 Å². The van der Waals surface area contributed by atoms with Crippen molar-refractivity contribution in [1.29, 1.82) is 0 Å². The third-order valence-corrected chi connectivity index (χ3v) is 3.62. The Balaban J connectivity index is 2.42. The minimum atomic E-state index is -0.334. The number of aliphatic hydroxyl groups excluding tert-OH is 1. The van der Waals surface area contributed by atoms with Crippen molar-refractivity contribution in [3.05, 3.63) is 0 Å². The molecule has 3 heteroatoms. The summed E-state index contributed by atoms with van der Waals surface area (Å²) >= 11 is 0. The number of hydrogen-bond donors (Lipinski definition) is 2. The van der Waals surface area contributed by atoms with Gasteiger partial charge >= 0.3 is 0 Å². The predicted molar refractivity (Wildman–Crippen MR) is 61.9 cm³/mol. The van der Waals surface area contributed by atoms with Crippen LogP contribution in [0.5, 0.6) is 0 Å². The van der Waals surface area contributed by atoms with Gasteiger partial charge in [0, 0.05) is 24.8 Å². The normalized spacial score (nSPS) is 23.8. The lowest BCUT2D eigenvalue weighted by atomic mass is 9.89. The molecule has 0 amide bonds. The van der Waals surface area contributed by atoms with E-state index in [2.05, 4.69) is 12.2 Å². The lowest BCUT2D eigenvalue weighted by Gasteiger charge is -2.37. The Kier molecular flexibility index (Phi) is 4.56. The van der Waals surface area contributed by atoms with Crippen LogP contribution in [0.3, 0.4) is 0 Å². The van der Waals surface area contributed by atoms with E-state index in [-0.39, 0.29) is 11.6 Å². The molecule has 1 aliphatic rings. The first-order chi connectivity index (χ1) is 6.93.